The van der Waals surface area contributed by atoms with Gasteiger partial charge in [-0.05, 0) is 18.2 Å². The number of nitrogens with zero attached hydrogens (tertiary/aromatic N) is 5. The SMILES string of the molecule is Nc1nc(-c2nn(Cc3ccccc3F)c3ncccc23)nc(N)c1NS(N)=O. The van der Waals surface area contributed by atoms with Crippen molar-refractivity contribution in [3.05, 3.63) is 54.0 Å². The van der Waals surface area contributed by atoms with E-state index in [0.717, 1.165) is 0 Å². The van der Waals surface area contributed by atoms with E-state index < -0.39 is 11.2 Å². The van der Waals surface area contributed by atoms with Crippen LogP contribution in [0.3, 0.4) is 0 Å². The van der Waals surface area contributed by atoms with E-state index in [0.29, 0.717) is 22.3 Å². The van der Waals surface area contributed by atoms with Crippen LogP contribution in [0.1, 0.15) is 5.56 Å². The quantitative estimate of drug-likeness (QED) is 0.381. The van der Waals surface area contributed by atoms with Crippen LogP contribution in [-0.4, -0.2) is 28.9 Å². The number of nitrogens with one attached hydrogen (secondary N) is 1. The second-order valence-electron chi connectivity index (χ2n) is 6.06. The van der Waals surface area contributed by atoms with Gasteiger partial charge in [-0.2, -0.15) is 5.10 Å². The predicted molar refractivity (Wildman–Crippen MR) is 109 cm³/mol. The number of benzene rings is 1. The minimum Gasteiger partial charge on any atom is -0.382 e. The van der Waals surface area contributed by atoms with E-state index in [1.165, 1.54) is 6.07 Å². The third kappa shape index (κ3) is 3.58. The molecule has 0 aliphatic rings. The molecule has 10 nitrogen and oxygen atoms in total. The van der Waals surface area contributed by atoms with Gasteiger partial charge in [0.1, 0.15) is 17.2 Å². The third-order valence-corrected chi connectivity index (χ3v) is 4.57. The van der Waals surface area contributed by atoms with Crippen molar-refractivity contribution in [3.63, 3.8) is 0 Å². The Morgan fingerprint density at radius 2 is 1.83 bits per heavy atom. The van der Waals surface area contributed by atoms with Crippen molar-refractivity contribution in [1.82, 2.24) is 24.7 Å². The Balaban J connectivity index is 1.83. The summed E-state index contributed by atoms with van der Waals surface area (Å²) in [5.74, 6) is -0.263. The Bertz CT molecular complexity index is 1220. The molecule has 0 aliphatic heterocycles. The molecule has 0 amide bonds. The molecule has 1 atom stereocenters. The maximum absolute atomic E-state index is 14.1. The average Bonchev–Trinajstić information content (AvgIpc) is 3.05. The molecule has 12 heteroatoms. The summed E-state index contributed by atoms with van der Waals surface area (Å²) in [6.45, 7) is 0.164. The van der Waals surface area contributed by atoms with Gasteiger partial charge in [-0.25, -0.2) is 33.4 Å². The third-order valence-electron chi connectivity index (χ3n) is 4.16. The molecule has 0 aliphatic carbocycles. The molecule has 1 unspecified atom stereocenters. The summed E-state index contributed by atoms with van der Waals surface area (Å²) in [5.41, 5.74) is 13.3. The minimum absolute atomic E-state index is 0.0352. The fraction of sp³-hybridized carbons (Fsp3) is 0.0588. The standard InChI is InChI=1S/C17H16FN9OS/c18-11-6-2-1-4-9(11)8-27-17-10(5-3-7-22-17)12(25-27)16-23-14(19)13(15(20)24-16)26-29(21)28/h1-7,26H,8,21H2,(H4,19,20,23,24). The number of anilines is 3. The highest BCUT2D eigenvalue weighted by molar-refractivity contribution is 7.84. The highest BCUT2D eigenvalue weighted by atomic mass is 32.2. The van der Waals surface area contributed by atoms with Gasteiger partial charge in [-0.15, -0.1) is 0 Å². The first kappa shape index (κ1) is 18.7. The van der Waals surface area contributed by atoms with E-state index in [1.54, 1.807) is 41.2 Å². The maximum Gasteiger partial charge on any atom is 0.191 e. The topological polar surface area (TPSA) is 164 Å². The van der Waals surface area contributed by atoms with Crippen LogP contribution >= 0.6 is 0 Å². The molecule has 3 heterocycles. The molecule has 0 saturated heterocycles. The molecule has 4 aromatic rings. The number of pyridine rings is 1. The molecule has 0 bridgehead atoms. The normalized spacial score (nSPS) is 12.2. The Hall–Kier alpha value is -3.64. The van der Waals surface area contributed by atoms with E-state index in [-0.39, 0.29) is 35.5 Å². The summed E-state index contributed by atoms with van der Waals surface area (Å²) in [6, 6.07) is 9.95. The van der Waals surface area contributed by atoms with Gasteiger partial charge in [0.05, 0.1) is 11.9 Å². The summed E-state index contributed by atoms with van der Waals surface area (Å²) >= 11 is -1.89. The summed E-state index contributed by atoms with van der Waals surface area (Å²) < 4.78 is 29.3. The van der Waals surface area contributed by atoms with Crippen LogP contribution < -0.4 is 21.3 Å². The molecule has 0 fully saturated rings. The number of rotatable bonds is 5. The van der Waals surface area contributed by atoms with Crippen LogP contribution in [0.15, 0.2) is 42.6 Å². The summed E-state index contributed by atoms with van der Waals surface area (Å²) in [6.07, 6.45) is 1.61. The molecule has 3 aromatic heterocycles. The number of fused-ring (bicyclic) bond motifs is 1. The van der Waals surface area contributed by atoms with Crippen LogP contribution in [0.25, 0.3) is 22.6 Å². The van der Waals surface area contributed by atoms with Crippen molar-refractivity contribution in [2.75, 3.05) is 16.2 Å². The van der Waals surface area contributed by atoms with Crippen molar-refractivity contribution in [2.24, 2.45) is 5.14 Å². The zero-order chi connectivity index (χ0) is 20.5. The monoisotopic (exact) mass is 413 g/mol. The fourth-order valence-electron chi connectivity index (χ4n) is 2.88. The molecule has 29 heavy (non-hydrogen) atoms. The number of hydrogen-bond donors (Lipinski definition) is 4. The van der Waals surface area contributed by atoms with Gasteiger partial charge in [-0.3, -0.25) is 4.72 Å². The van der Waals surface area contributed by atoms with Crippen LogP contribution in [0.4, 0.5) is 21.7 Å². The molecule has 0 saturated carbocycles. The maximum atomic E-state index is 14.1. The molecule has 0 spiro atoms. The second-order valence-corrected chi connectivity index (χ2v) is 6.86. The van der Waals surface area contributed by atoms with E-state index in [2.05, 4.69) is 24.8 Å². The first-order valence-corrected chi connectivity index (χ1v) is 9.56. The molecule has 7 N–H and O–H groups in total. The minimum atomic E-state index is -1.89. The number of nitrogen functional groups attached to an aromatic ring is 2. The fourth-order valence-corrected chi connectivity index (χ4v) is 3.29. The van der Waals surface area contributed by atoms with Gasteiger partial charge in [0.25, 0.3) is 0 Å². The summed E-state index contributed by atoms with van der Waals surface area (Å²) in [5, 5.41) is 10.4. The van der Waals surface area contributed by atoms with Crippen molar-refractivity contribution in [1.29, 1.82) is 0 Å². The van der Waals surface area contributed by atoms with Crippen molar-refractivity contribution < 1.29 is 8.60 Å². The molecular formula is C17H16FN9OS. The van der Waals surface area contributed by atoms with Gasteiger partial charge < -0.3 is 11.5 Å². The molecule has 1 aromatic carbocycles. The highest BCUT2D eigenvalue weighted by Crippen LogP contribution is 2.30. The van der Waals surface area contributed by atoms with Crippen LogP contribution in [-0.2, 0) is 17.7 Å². The Kier molecular flexibility index (Phi) is 4.78. The van der Waals surface area contributed by atoms with Crippen LogP contribution in [0.5, 0.6) is 0 Å². The van der Waals surface area contributed by atoms with E-state index in [4.69, 9.17) is 16.6 Å². The lowest BCUT2D eigenvalue weighted by Gasteiger charge is -2.09. The average molecular weight is 413 g/mol. The zero-order valence-electron chi connectivity index (χ0n) is 14.9. The Morgan fingerprint density at radius 3 is 2.52 bits per heavy atom. The van der Waals surface area contributed by atoms with Crippen molar-refractivity contribution in [3.8, 4) is 11.5 Å². The van der Waals surface area contributed by atoms with Crippen molar-refractivity contribution >= 4 is 39.5 Å². The molecular weight excluding hydrogens is 397 g/mol. The van der Waals surface area contributed by atoms with Crippen LogP contribution in [0, 0.1) is 5.82 Å². The highest BCUT2D eigenvalue weighted by Gasteiger charge is 2.19. The first-order valence-electron chi connectivity index (χ1n) is 8.35. The van der Waals surface area contributed by atoms with E-state index in [1.807, 2.05) is 0 Å². The Labute approximate surface area is 166 Å². The lowest BCUT2D eigenvalue weighted by molar-refractivity contribution is 0.589. The Morgan fingerprint density at radius 1 is 1.10 bits per heavy atom. The lowest BCUT2D eigenvalue weighted by atomic mass is 10.2. The molecule has 4 rings (SSSR count). The van der Waals surface area contributed by atoms with Gasteiger partial charge in [0.15, 0.2) is 34.3 Å². The number of hydrogen-bond acceptors (Lipinski definition) is 7. The number of nitrogens with two attached hydrogens (primary N) is 3. The smallest absolute Gasteiger partial charge is 0.191 e. The largest absolute Gasteiger partial charge is 0.382 e. The summed E-state index contributed by atoms with van der Waals surface area (Å²) in [4.78, 5) is 12.7. The molecule has 0 radical (unpaired) electrons. The number of aromatic nitrogens is 5. The zero-order valence-corrected chi connectivity index (χ0v) is 15.7. The lowest BCUT2D eigenvalue weighted by Crippen LogP contribution is -2.17. The van der Waals surface area contributed by atoms with Gasteiger partial charge >= 0.3 is 0 Å². The van der Waals surface area contributed by atoms with Crippen LogP contribution in [0.2, 0.25) is 0 Å². The summed E-state index contributed by atoms with van der Waals surface area (Å²) in [7, 11) is 0. The number of halogens is 1. The molecule has 148 valence electrons. The van der Waals surface area contributed by atoms with Gasteiger partial charge in [0.2, 0.25) is 0 Å². The van der Waals surface area contributed by atoms with E-state index >= 15 is 0 Å². The van der Waals surface area contributed by atoms with Gasteiger partial charge in [-0.1, -0.05) is 18.2 Å². The second kappa shape index (κ2) is 7.41. The van der Waals surface area contributed by atoms with Gasteiger partial charge in [0, 0.05) is 11.8 Å². The van der Waals surface area contributed by atoms with E-state index in [9.17, 15) is 8.60 Å². The predicted octanol–water partition coefficient (Wildman–Crippen LogP) is 1.19. The van der Waals surface area contributed by atoms with Crippen molar-refractivity contribution in [2.45, 2.75) is 6.54 Å². The first-order chi connectivity index (χ1) is 13.9.